The van der Waals surface area contributed by atoms with Gasteiger partial charge in [-0.1, -0.05) is 12.1 Å². The van der Waals surface area contributed by atoms with Crippen molar-refractivity contribution in [2.24, 2.45) is 0 Å². The number of aryl methyl sites for hydroxylation is 1. The maximum atomic E-state index is 12.6. The van der Waals surface area contributed by atoms with Gasteiger partial charge in [-0.3, -0.25) is 9.78 Å². The van der Waals surface area contributed by atoms with Crippen LogP contribution >= 0.6 is 0 Å². The third-order valence-corrected chi connectivity index (χ3v) is 4.66. The van der Waals surface area contributed by atoms with Crippen molar-refractivity contribution in [2.75, 3.05) is 25.0 Å². The predicted octanol–water partition coefficient (Wildman–Crippen LogP) is 3.48. The summed E-state index contributed by atoms with van der Waals surface area (Å²) in [6.45, 7) is 5.35. The molecule has 3 rings (SSSR count). The van der Waals surface area contributed by atoms with Gasteiger partial charge in [-0.15, -0.1) is 0 Å². The molecule has 1 aromatic carbocycles. The summed E-state index contributed by atoms with van der Waals surface area (Å²) in [5.74, 6) is -0.157. The van der Waals surface area contributed by atoms with Crippen LogP contribution < -0.4 is 10.6 Å². The van der Waals surface area contributed by atoms with Crippen molar-refractivity contribution in [3.8, 4) is 0 Å². The predicted molar refractivity (Wildman–Crippen MR) is 108 cm³/mol. The summed E-state index contributed by atoms with van der Waals surface area (Å²) in [5.41, 5.74) is 3.37. The Bertz CT molecular complexity index is 832. The highest BCUT2D eigenvalue weighted by Gasteiger charge is 2.24. The number of rotatable bonds is 5. The minimum atomic E-state index is -0.286. The number of pyridine rings is 1. The molecule has 28 heavy (non-hydrogen) atoms. The van der Waals surface area contributed by atoms with Crippen molar-refractivity contribution in [1.82, 2.24) is 15.2 Å². The quantitative estimate of drug-likeness (QED) is 0.827. The van der Waals surface area contributed by atoms with Crippen molar-refractivity contribution >= 4 is 23.4 Å². The van der Waals surface area contributed by atoms with Crippen LogP contribution in [0.3, 0.4) is 0 Å². The summed E-state index contributed by atoms with van der Waals surface area (Å²) in [6.07, 6.45) is 4.38. The number of ether oxygens (including phenoxy) is 1. The molecule has 2 amide bonds. The highest BCUT2D eigenvalue weighted by molar-refractivity contribution is 5.95. The molecule has 1 aliphatic rings. The highest BCUT2D eigenvalue weighted by Crippen LogP contribution is 2.18. The van der Waals surface area contributed by atoms with Gasteiger partial charge < -0.3 is 20.3 Å². The number of benzene rings is 1. The number of amides is 2. The molecule has 2 aromatic rings. The number of anilines is 2. The zero-order chi connectivity index (χ0) is 19.9. The molecule has 0 unspecified atom stereocenters. The molecule has 7 nitrogen and oxygen atoms in total. The lowest BCUT2D eigenvalue weighted by atomic mass is 10.0. The topological polar surface area (TPSA) is 83.6 Å². The van der Waals surface area contributed by atoms with Gasteiger partial charge in [0.05, 0.1) is 24.1 Å². The van der Waals surface area contributed by atoms with E-state index < -0.39 is 0 Å². The van der Waals surface area contributed by atoms with Crippen molar-refractivity contribution < 1.29 is 14.3 Å². The van der Waals surface area contributed by atoms with Gasteiger partial charge in [0.2, 0.25) is 0 Å². The molecule has 1 saturated heterocycles. The van der Waals surface area contributed by atoms with Crippen molar-refractivity contribution in [2.45, 2.75) is 32.7 Å². The minimum absolute atomic E-state index is 0.0339. The Kier molecular flexibility index (Phi) is 6.47. The second-order valence-corrected chi connectivity index (χ2v) is 6.89. The number of hydrogen-bond donors (Lipinski definition) is 2. The first-order valence-electron chi connectivity index (χ1n) is 9.56. The van der Waals surface area contributed by atoms with Crippen LogP contribution in [-0.4, -0.2) is 47.6 Å². The molecule has 2 heterocycles. The largest absolute Gasteiger partial charge is 0.450 e. The maximum Gasteiger partial charge on any atom is 0.409 e. The molecule has 1 aromatic heterocycles. The number of aromatic nitrogens is 1. The van der Waals surface area contributed by atoms with E-state index in [2.05, 4.69) is 15.6 Å². The fourth-order valence-electron chi connectivity index (χ4n) is 3.21. The molecule has 0 atom stereocenters. The molecule has 1 fully saturated rings. The van der Waals surface area contributed by atoms with E-state index in [9.17, 15) is 9.59 Å². The molecule has 148 valence electrons. The molecule has 0 saturated carbocycles. The average Bonchev–Trinajstić information content (AvgIpc) is 2.69. The summed E-state index contributed by atoms with van der Waals surface area (Å²) in [5, 5.41) is 6.31. The third-order valence-electron chi connectivity index (χ3n) is 4.66. The van der Waals surface area contributed by atoms with Crippen LogP contribution in [0.25, 0.3) is 0 Å². The van der Waals surface area contributed by atoms with Crippen molar-refractivity contribution in [3.63, 3.8) is 0 Å². The Hall–Kier alpha value is -3.09. The number of carbonyl (C=O) groups excluding carboxylic acids is 2. The Morgan fingerprint density at radius 1 is 1.18 bits per heavy atom. The van der Waals surface area contributed by atoms with Crippen LogP contribution in [0.2, 0.25) is 0 Å². The molecule has 0 radical (unpaired) electrons. The van der Waals surface area contributed by atoms with Gasteiger partial charge in [0.25, 0.3) is 5.91 Å². The summed E-state index contributed by atoms with van der Waals surface area (Å²) in [7, 11) is 0. The SMILES string of the molecule is CCOC(=O)N1CCC(NC(=O)c2cncc(Nc3cccc(C)c3)c2)CC1. The standard InChI is InChI=1S/C21H26N4O3/c1-3-28-21(27)25-9-7-17(8-10-25)24-20(26)16-12-19(14-22-13-16)23-18-6-4-5-15(2)11-18/h4-6,11-14,17,23H,3,7-10H2,1-2H3,(H,24,26). The summed E-state index contributed by atoms with van der Waals surface area (Å²) >= 11 is 0. The van der Waals surface area contributed by atoms with Crippen LogP contribution in [-0.2, 0) is 4.74 Å². The Labute approximate surface area is 165 Å². The fourth-order valence-corrected chi connectivity index (χ4v) is 3.21. The first-order chi connectivity index (χ1) is 13.5. The molecule has 2 N–H and O–H groups in total. The summed E-state index contributed by atoms with van der Waals surface area (Å²) in [6, 6.07) is 9.83. The molecule has 7 heteroatoms. The van der Waals surface area contributed by atoms with Gasteiger partial charge in [-0.25, -0.2) is 4.79 Å². The lowest BCUT2D eigenvalue weighted by molar-refractivity contribution is 0.0860. The molecule has 0 aliphatic carbocycles. The van der Waals surface area contributed by atoms with E-state index in [0.29, 0.717) is 38.1 Å². The lowest BCUT2D eigenvalue weighted by Crippen LogP contribution is -2.46. The van der Waals surface area contributed by atoms with E-state index in [1.165, 1.54) is 0 Å². The van der Waals surface area contributed by atoms with Crippen LogP contribution in [0.5, 0.6) is 0 Å². The smallest absolute Gasteiger partial charge is 0.409 e. The van der Waals surface area contributed by atoms with Crippen LogP contribution in [0.1, 0.15) is 35.7 Å². The van der Waals surface area contributed by atoms with E-state index in [4.69, 9.17) is 4.74 Å². The maximum absolute atomic E-state index is 12.6. The number of hydrogen-bond acceptors (Lipinski definition) is 5. The normalized spacial score (nSPS) is 14.4. The van der Waals surface area contributed by atoms with Crippen LogP contribution in [0.15, 0.2) is 42.7 Å². The number of likely N-dealkylation sites (tertiary alicyclic amines) is 1. The zero-order valence-corrected chi connectivity index (χ0v) is 16.3. The molecule has 0 spiro atoms. The van der Waals surface area contributed by atoms with Crippen molar-refractivity contribution in [3.05, 3.63) is 53.9 Å². The fraction of sp³-hybridized carbons (Fsp3) is 0.381. The van der Waals surface area contributed by atoms with E-state index in [-0.39, 0.29) is 18.0 Å². The van der Waals surface area contributed by atoms with Gasteiger partial charge in [0.1, 0.15) is 0 Å². The second kappa shape index (κ2) is 9.21. The van der Waals surface area contributed by atoms with E-state index in [0.717, 1.165) is 16.9 Å². The number of carbonyl (C=O) groups is 2. The lowest BCUT2D eigenvalue weighted by Gasteiger charge is -2.31. The van der Waals surface area contributed by atoms with E-state index in [1.54, 1.807) is 30.3 Å². The molecular formula is C21H26N4O3. The molecule has 1 aliphatic heterocycles. The molecule has 0 bridgehead atoms. The average molecular weight is 382 g/mol. The Balaban J connectivity index is 1.56. The Morgan fingerprint density at radius 3 is 2.68 bits per heavy atom. The van der Waals surface area contributed by atoms with Crippen LogP contribution in [0.4, 0.5) is 16.2 Å². The number of piperidine rings is 1. The number of nitrogens with zero attached hydrogens (tertiary/aromatic N) is 2. The second-order valence-electron chi connectivity index (χ2n) is 6.89. The summed E-state index contributed by atoms with van der Waals surface area (Å²) in [4.78, 5) is 30.2. The van der Waals surface area contributed by atoms with Gasteiger partial charge >= 0.3 is 6.09 Å². The zero-order valence-electron chi connectivity index (χ0n) is 16.3. The van der Waals surface area contributed by atoms with Crippen LogP contribution in [0, 0.1) is 6.92 Å². The van der Waals surface area contributed by atoms with E-state index >= 15 is 0 Å². The molecular weight excluding hydrogens is 356 g/mol. The monoisotopic (exact) mass is 382 g/mol. The third kappa shape index (κ3) is 5.22. The van der Waals surface area contributed by atoms with Gasteiger partial charge in [0, 0.05) is 31.0 Å². The minimum Gasteiger partial charge on any atom is -0.450 e. The summed E-state index contributed by atoms with van der Waals surface area (Å²) < 4.78 is 5.02. The van der Waals surface area contributed by atoms with Crippen molar-refractivity contribution in [1.29, 1.82) is 0 Å². The Morgan fingerprint density at radius 2 is 1.96 bits per heavy atom. The number of nitrogens with one attached hydrogen (secondary N) is 2. The first kappa shape index (κ1) is 19.7. The highest BCUT2D eigenvalue weighted by atomic mass is 16.6. The van der Waals surface area contributed by atoms with Gasteiger partial charge in [-0.05, 0) is 50.5 Å². The first-order valence-corrected chi connectivity index (χ1v) is 9.56. The van der Waals surface area contributed by atoms with Gasteiger partial charge in [0.15, 0.2) is 0 Å². The van der Waals surface area contributed by atoms with Gasteiger partial charge in [-0.2, -0.15) is 0 Å². The van der Waals surface area contributed by atoms with E-state index in [1.807, 2.05) is 31.2 Å².